The van der Waals surface area contributed by atoms with E-state index in [1.54, 1.807) is 0 Å². The Balaban J connectivity index is 2.50. The largest absolute Gasteiger partial charge is 0.392 e. The van der Waals surface area contributed by atoms with Crippen molar-refractivity contribution in [1.29, 1.82) is 0 Å². The van der Waals surface area contributed by atoms with Gasteiger partial charge in [-0.2, -0.15) is 0 Å². The van der Waals surface area contributed by atoms with Crippen LogP contribution in [0.1, 0.15) is 33.1 Å². The number of nitrogens with one attached hydrogen (secondary N) is 1. The zero-order chi connectivity index (χ0) is 11.6. The fourth-order valence-corrected chi connectivity index (χ4v) is 2.98. The van der Waals surface area contributed by atoms with Crippen molar-refractivity contribution in [3.63, 3.8) is 0 Å². The number of rotatable bonds is 6. The molecular formula is C9H18N2O2S2. The van der Waals surface area contributed by atoms with Gasteiger partial charge in [0.2, 0.25) is 10.0 Å². The molecule has 4 nitrogen and oxygen atoms in total. The lowest BCUT2D eigenvalue weighted by atomic mass is 10.2. The minimum absolute atomic E-state index is 0.0149. The van der Waals surface area contributed by atoms with Gasteiger partial charge in [-0.05, 0) is 26.2 Å². The van der Waals surface area contributed by atoms with Crippen molar-refractivity contribution >= 4 is 27.2 Å². The van der Waals surface area contributed by atoms with Gasteiger partial charge in [-0.25, -0.2) is 13.1 Å². The molecule has 2 atom stereocenters. The molecule has 6 heteroatoms. The third-order valence-corrected chi connectivity index (χ3v) is 5.03. The van der Waals surface area contributed by atoms with Crippen LogP contribution in [0.4, 0.5) is 0 Å². The first-order valence-corrected chi connectivity index (χ1v) is 7.09. The van der Waals surface area contributed by atoms with Crippen molar-refractivity contribution in [2.45, 2.75) is 44.4 Å². The predicted octanol–water partition coefficient (Wildman–Crippen LogP) is 0.769. The molecule has 1 fully saturated rings. The Morgan fingerprint density at radius 2 is 2.07 bits per heavy atom. The molecule has 88 valence electrons. The van der Waals surface area contributed by atoms with Crippen molar-refractivity contribution in [3.05, 3.63) is 0 Å². The molecule has 0 amide bonds. The van der Waals surface area contributed by atoms with Crippen LogP contribution >= 0.6 is 12.2 Å². The summed E-state index contributed by atoms with van der Waals surface area (Å²) in [5.74, 6) is 0.697. The van der Waals surface area contributed by atoms with Crippen LogP contribution in [0.5, 0.6) is 0 Å². The highest BCUT2D eigenvalue weighted by atomic mass is 32.2. The second-order valence-corrected chi connectivity index (χ2v) is 6.79. The summed E-state index contributed by atoms with van der Waals surface area (Å²) in [6.07, 6.45) is 3.34. The molecule has 0 heterocycles. The van der Waals surface area contributed by atoms with Crippen LogP contribution in [-0.2, 0) is 10.0 Å². The van der Waals surface area contributed by atoms with Gasteiger partial charge in [-0.3, -0.25) is 0 Å². The summed E-state index contributed by atoms with van der Waals surface area (Å²) in [6, 6.07) is -0.0284. The highest BCUT2D eigenvalue weighted by molar-refractivity contribution is 7.93. The van der Waals surface area contributed by atoms with Crippen molar-refractivity contribution < 1.29 is 8.42 Å². The van der Waals surface area contributed by atoms with Crippen molar-refractivity contribution in [2.75, 3.05) is 0 Å². The van der Waals surface area contributed by atoms with E-state index in [9.17, 15) is 8.42 Å². The summed E-state index contributed by atoms with van der Waals surface area (Å²) in [4.78, 5) is 0.0149. The van der Waals surface area contributed by atoms with Crippen molar-refractivity contribution in [3.8, 4) is 0 Å². The molecule has 0 aromatic rings. The SMILES string of the molecule is CC(CC1CC1)NS(=O)(=O)C(C)C(N)=S. The summed E-state index contributed by atoms with van der Waals surface area (Å²) >= 11 is 4.68. The van der Waals surface area contributed by atoms with E-state index in [2.05, 4.69) is 16.9 Å². The van der Waals surface area contributed by atoms with E-state index in [0.29, 0.717) is 5.92 Å². The van der Waals surface area contributed by atoms with E-state index >= 15 is 0 Å². The second kappa shape index (κ2) is 4.76. The Hall–Kier alpha value is -0.200. The molecule has 1 aliphatic carbocycles. The van der Waals surface area contributed by atoms with Gasteiger partial charge < -0.3 is 5.73 Å². The molecule has 0 aliphatic heterocycles. The Morgan fingerprint density at radius 1 is 1.53 bits per heavy atom. The number of hydrogen-bond donors (Lipinski definition) is 2. The Morgan fingerprint density at radius 3 is 2.47 bits per heavy atom. The van der Waals surface area contributed by atoms with E-state index in [0.717, 1.165) is 6.42 Å². The highest BCUT2D eigenvalue weighted by Crippen LogP contribution is 2.33. The van der Waals surface area contributed by atoms with Crippen LogP contribution in [0.25, 0.3) is 0 Å². The van der Waals surface area contributed by atoms with Gasteiger partial charge in [0.15, 0.2) is 0 Å². The first-order chi connectivity index (χ1) is 6.83. The van der Waals surface area contributed by atoms with Gasteiger partial charge in [0.1, 0.15) is 5.25 Å². The third-order valence-electron chi connectivity index (χ3n) is 2.62. The molecule has 0 aromatic carbocycles. The second-order valence-electron chi connectivity index (χ2n) is 4.29. The maximum atomic E-state index is 11.7. The van der Waals surface area contributed by atoms with Crippen LogP contribution in [0.15, 0.2) is 0 Å². The molecule has 1 aliphatic rings. The standard InChI is InChI=1S/C9H18N2O2S2/c1-6(5-8-3-4-8)11-15(12,13)7(2)9(10)14/h6-8,11H,3-5H2,1-2H3,(H2,10,14). The number of thiocarbonyl (C=S) groups is 1. The molecule has 0 saturated heterocycles. The van der Waals surface area contributed by atoms with Gasteiger partial charge >= 0.3 is 0 Å². The van der Waals surface area contributed by atoms with Crippen LogP contribution in [-0.4, -0.2) is 24.7 Å². The topological polar surface area (TPSA) is 72.2 Å². The summed E-state index contributed by atoms with van der Waals surface area (Å²) in [6.45, 7) is 3.39. The summed E-state index contributed by atoms with van der Waals surface area (Å²) in [7, 11) is -3.39. The number of sulfonamides is 1. The molecule has 3 N–H and O–H groups in total. The summed E-state index contributed by atoms with van der Waals surface area (Å²) in [5.41, 5.74) is 5.32. The van der Waals surface area contributed by atoms with Crippen LogP contribution in [0.2, 0.25) is 0 Å². The number of nitrogens with two attached hydrogens (primary N) is 1. The Labute approximate surface area is 96.7 Å². The third kappa shape index (κ3) is 4.04. The average molecular weight is 250 g/mol. The molecule has 1 saturated carbocycles. The monoisotopic (exact) mass is 250 g/mol. The fourth-order valence-electron chi connectivity index (χ4n) is 1.44. The van der Waals surface area contributed by atoms with Gasteiger partial charge in [0.05, 0.1) is 4.99 Å². The normalized spacial score (nSPS) is 20.9. The van der Waals surface area contributed by atoms with Gasteiger partial charge in [0.25, 0.3) is 0 Å². The minimum atomic E-state index is -3.39. The van der Waals surface area contributed by atoms with Gasteiger partial charge in [-0.1, -0.05) is 25.1 Å². The van der Waals surface area contributed by atoms with Gasteiger partial charge in [0, 0.05) is 6.04 Å². The van der Waals surface area contributed by atoms with Crippen molar-refractivity contribution in [1.82, 2.24) is 4.72 Å². The predicted molar refractivity (Wildman–Crippen MR) is 65.1 cm³/mol. The minimum Gasteiger partial charge on any atom is -0.392 e. The first kappa shape index (κ1) is 12.9. The van der Waals surface area contributed by atoms with Crippen LogP contribution in [0, 0.1) is 5.92 Å². The molecule has 0 aromatic heterocycles. The van der Waals surface area contributed by atoms with E-state index < -0.39 is 15.3 Å². The maximum absolute atomic E-state index is 11.7. The quantitative estimate of drug-likeness (QED) is 0.683. The molecule has 2 unspecified atom stereocenters. The van der Waals surface area contributed by atoms with E-state index in [4.69, 9.17) is 5.73 Å². The zero-order valence-electron chi connectivity index (χ0n) is 9.06. The summed E-state index contributed by atoms with van der Waals surface area (Å²) < 4.78 is 26.0. The molecule has 0 spiro atoms. The van der Waals surface area contributed by atoms with E-state index in [1.807, 2.05) is 6.92 Å². The smallest absolute Gasteiger partial charge is 0.220 e. The Kier molecular flexibility index (Phi) is 4.08. The van der Waals surface area contributed by atoms with Crippen molar-refractivity contribution in [2.24, 2.45) is 11.7 Å². The lowest BCUT2D eigenvalue weighted by Gasteiger charge is -2.17. The fraction of sp³-hybridized carbons (Fsp3) is 0.889. The first-order valence-electron chi connectivity index (χ1n) is 5.13. The molecule has 0 bridgehead atoms. The van der Waals surface area contributed by atoms with E-state index in [-0.39, 0.29) is 11.0 Å². The summed E-state index contributed by atoms with van der Waals surface area (Å²) in [5, 5.41) is -0.797. The maximum Gasteiger partial charge on any atom is 0.220 e. The van der Waals surface area contributed by atoms with E-state index in [1.165, 1.54) is 19.8 Å². The molecular weight excluding hydrogens is 232 g/mol. The lowest BCUT2D eigenvalue weighted by molar-refractivity contribution is 0.528. The zero-order valence-corrected chi connectivity index (χ0v) is 10.7. The number of hydrogen-bond acceptors (Lipinski definition) is 3. The Bertz CT molecular complexity index is 336. The lowest BCUT2D eigenvalue weighted by Crippen LogP contribution is -2.43. The molecule has 0 radical (unpaired) electrons. The highest BCUT2D eigenvalue weighted by Gasteiger charge is 2.28. The molecule has 1 rings (SSSR count). The van der Waals surface area contributed by atoms with Gasteiger partial charge in [-0.15, -0.1) is 0 Å². The average Bonchev–Trinajstić information content (AvgIpc) is 2.85. The van der Waals surface area contributed by atoms with Crippen LogP contribution in [0.3, 0.4) is 0 Å². The van der Waals surface area contributed by atoms with Crippen LogP contribution < -0.4 is 10.5 Å². The molecule has 15 heavy (non-hydrogen) atoms.